The number of carbonyl (C=O) groups excluding carboxylic acids is 1. The number of hydrogen-bond donors (Lipinski definition) is 1. The summed E-state index contributed by atoms with van der Waals surface area (Å²) in [4.78, 5) is 23.0. The zero-order chi connectivity index (χ0) is 8.97. The van der Waals surface area contributed by atoms with Crippen LogP contribution in [-0.4, -0.2) is 35.0 Å². The van der Waals surface area contributed by atoms with E-state index in [0.717, 1.165) is 19.4 Å². The number of carbonyl (C=O) groups is 2. The number of carboxylic acid groups (broad SMARTS) is 1. The van der Waals surface area contributed by atoms with Gasteiger partial charge in [0.05, 0.1) is 6.42 Å². The number of hydrogen-bond acceptors (Lipinski definition) is 2. The maximum absolute atomic E-state index is 11.1. The summed E-state index contributed by atoms with van der Waals surface area (Å²) in [5.74, 6) is -0.740. The first-order valence-corrected chi connectivity index (χ1v) is 4.20. The standard InChI is InChI=1S/C8H13NO3/c10-7-3-1-2-5-9(7)6-4-8(11)12/h1-6H2,(H,11,12). The summed E-state index contributed by atoms with van der Waals surface area (Å²) in [7, 11) is 0. The summed E-state index contributed by atoms with van der Waals surface area (Å²) in [5.41, 5.74) is 0. The second-order valence-electron chi connectivity index (χ2n) is 2.98. The lowest BCUT2D eigenvalue weighted by Gasteiger charge is -2.25. The highest BCUT2D eigenvalue weighted by atomic mass is 16.4. The first kappa shape index (κ1) is 9.03. The Morgan fingerprint density at radius 2 is 2.25 bits per heavy atom. The van der Waals surface area contributed by atoms with Crippen LogP contribution in [0.15, 0.2) is 0 Å². The molecule has 0 aliphatic carbocycles. The Morgan fingerprint density at radius 3 is 2.83 bits per heavy atom. The normalized spacial score (nSPS) is 18.0. The SMILES string of the molecule is O=C(O)CCN1CCCCC1=O. The van der Waals surface area contributed by atoms with Crippen molar-refractivity contribution in [3.8, 4) is 0 Å². The second kappa shape index (κ2) is 4.09. The van der Waals surface area contributed by atoms with E-state index in [4.69, 9.17) is 5.11 Å². The molecule has 0 radical (unpaired) electrons. The largest absolute Gasteiger partial charge is 0.481 e. The Kier molecular flexibility index (Phi) is 3.08. The fourth-order valence-corrected chi connectivity index (χ4v) is 1.33. The van der Waals surface area contributed by atoms with Gasteiger partial charge in [-0.3, -0.25) is 9.59 Å². The van der Waals surface area contributed by atoms with Crippen molar-refractivity contribution in [3.05, 3.63) is 0 Å². The lowest BCUT2D eigenvalue weighted by Crippen LogP contribution is -2.36. The minimum atomic E-state index is -0.839. The Morgan fingerprint density at radius 1 is 1.50 bits per heavy atom. The Balaban J connectivity index is 2.29. The van der Waals surface area contributed by atoms with Crippen LogP contribution in [0.1, 0.15) is 25.7 Å². The lowest BCUT2D eigenvalue weighted by molar-refractivity contribution is -0.139. The van der Waals surface area contributed by atoms with E-state index in [1.807, 2.05) is 0 Å². The summed E-state index contributed by atoms with van der Waals surface area (Å²) in [5, 5.41) is 8.39. The third kappa shape index (κ3) is 2.53. The summed E-state index contributed by atoms with van der Waals surface area (Å²) < 4.78 is 0. The molecule has 1 fully saturated rings. The smallest absolute Gasteiger partial charge is 0.305 e. The van der Waals surface area contributed by atoms with Gasteiger partial charge in [0, 0.05) is 19.5 Å². The number of nitrogens with zero attached hydrogens (tertiary/aromatic N) is 1. The molecule has 1 N–H and O–H groups in total. The number of carboxylic acids is 1. The molecule has 1 amide bonds. The average molecular weight is 171 g/mol. The molecule has 0 unspecified atom stereocenters. The third-order valence-electron chi connectivity index (χ3n) is 2.02. The van der Waals surface area contributed by atoms with Gasteiger partial charge in [-0.05, 0) is 12.8 Å². The molecule has 0 atom stereocenters. The topological polar surface area (TPSA) is 57.6 Å². The van der Waals surface area contributed by atoms with Crippen LogP contribution >= 0.6 is 0 Å². The van der Waals surface area contributed by atoms with Crippen molar-refractivity contribution in [1.29, 1.82) is 0 Å². The van der Waals surface area contributed by atoms with Gasteiger partial charge in [-0.2, -0.15) is 0 Å². The highest BCUT2D eigenvalue weighted by molar-refractivity contribution is 5.77. The van der Waals surface area contributed by atoms with Crippen molar-refractivity contribution in [1.82, 2.24) is 4.90 Å². The molecule has 1 aliphatic rings. The van der Waals surface area contributed by atoms with E-state index in [0.29, 0.717) is 13.0 Å². The average Bonchev–Trinajstić information content (AvgIpc) is 2.03. The summed E-state index contributed by atoms with van der Waals surface area (Å²) >= 11 is 0. The molecule has 0 aromatic rings. The van der Waals surface area contributed by atoms with E-state index < -0.39 is 5.97 Å². The molecule has 4 heteroatoms. The quantitative estimate of drug-likeness (QED) is 0.671. The predicted molar refractivity (Wildman–Crippen MR) is 42.7 cm³/mol. The highest BCUT2D eigenvalue weighted by Gasteiger charge is 2.17. The summed E-state index contributed by atoms with van der Waals surface area (Å²) in [6.07, 6.45) is 2.60. The first-order valence-electron chi connectivity index (χ1n) is 4.20. The van der Waals surface area contributed by atoms with Crippen LogP contribution in [0.4, 0.5) is 0 Å². The van der Waals surface area contributed by atoms with Gasteiger partial charge in [0.2, 0.25) is 5.91 Å². The minimum absolute atomic E-state index is 0.0612. The fraction of sp³-hybridized carbons (Fsp3) is 0.750. The van der Waals surface area contributed by atoms with E-state index in [-0.39, 0.29) is 12.3 Å². The highest BCUT2D eigenvalue weighted by Crippen LogP contribution is 2.10. The van der Waals surface area contributed by atoms with Crippen molar-refractivity contribution in [2.45, 2.75) is 25.7 Å². The molecule has 1 saturated heterocycles. The minimum Gasteiger partial charge on any atom is -0.481 e. The molecule has 4 nitrogen and oxygen atoms in total. The second-order valence-corrected chi connectivity index (χ2v) is 2.98. The number of likely N-dealkylation sites (tertiary alicyclic amines) is 1. The van der Waals surface area contributed by atoms with Gasteiger partial charge in [-0.25, -0.2) is 0 Å². The zero-order valence-corrected chi connectivity index (χ0v) is 6.95. The van der Waals surface area contributed by atoms with Gasteiger partial charge >= 0.3 is 5.97 Å². The maximum Gasteiger partial charge on any atom is 0.305 e. The Labute approximate surface area is 71.2 Å². The number of aliphatic carboxylic acids is 1. The molecular formula is C8H13NO3. The lowest BCUT2D eigenvalue weighted by atomic mass is 10.1. The van der Waals surface area contributed by atoms with Crippen LogP contribution < -0.4 is 0 Å². The molecule has 1 rings (SSSR count). The van der Waals surface area contributed by atoms with Crippen LogP contribution in [0.5, 0.6) is 0 Å². The monoisotopic (exact) mass is 171 g/mol. The molecule has 0 bridgehead atoms. The van der Waals surface area contributed by atoms with Gasteiger partial charge < -0.3 is 10.0 Å². The first-order chi connectivity index (χ1) is 5.70. The van der Waals surface area contributed by atoms with Gasteiger partial charge in [0.15, 0.2) is 0 Å². The molecule has 1 aliphatic heterocycles. The van der Waals surface area contributed by atoms with Gasteiger partial charge in [-0.15, -0.1) is 0 Å². The Bertz CT molecular complexity index is 191. The fourth-order valence-electron chi connectivity index (χ4n) is 1.33. The van der Waals surface area contributed by atoms with Crippen molar-refractivity contribution in [2.24, 2.45) is 0 Å². The summed E-state index contributed by atoms with van der Waals surface area (Å²) in [6.45, 7) is 1.10. The molecule has 0 aromatic carbocycles. The molecule has 1 heterocycles. The van der Waals surface area contributed by atoms with Crippen LogP contribution in [0.3, 0.4) is 0 Å². The van der Waals surface area contributed by atoms with Crippen LogP contribution in [0.2, 0.25) is 0 Å². The molecule has 0 spiro atoms. The molecule has 12 heavy (non-hydrogen) atoms. The van der Waals surface area contributed by atoms with E-state index in [1.165, 1.54) is 0 Å². The van der Waals surface area contributed by atoms with Crippen molar-refractivity contribution in [2.75, 3.05) is 13.1 Å². The van der Waals surface area contributed by atoms with Gasteiger partial charge in [0.25, 0.3) is 0 Å². The van der Waals surface area contributed by atoms with E-state index >= 15 is 0 Å². The van der Waals surface area contributed by atoms with Gasteiger partial charge in [-0.1, -0.05) is 0 Å². The zero-order valence-electron chi connectivity index (χ0n) is 6.95. The van der Waals surface area contributed by atoms with E-state index in [1.54, 1.807) is 4.90 Å². The van der Waals surface area contributed by atoms with Crippen LogP contribution in [0.25, 0.3) is 0 Å². The molecule has 68 valence electrons. The van der Waals surface area contributed by atoms with Crippen molar-refractivity contribution >= 4 is 11.9 Å². The van der Waals surface area contributed by atoms with Crippen molar-refractivity contribution < 1.29 is 14.7 Å². The molecule has 0 saturated carbocycles. The van der Waals surface area contributed by atoms with Gasteiger partial charge in [0.1, 0.15) is 0 Å². The Hall–Kier alpha value is -1.06. The summed E-state index contributed by atoms with van der Waals surface area (Å²) in [6, 6.07) is 0. The number of rotatable bonds is 3. The van der Waals surface area contributed by atoms with E-state index in [9.17, 15) is 9.59 Å². The van der Waals surface area contributed by atoms with Crippen LogP contribution in [0, 0.1) is 0 Å². The van der Waals surface area contributed by atoms with Crippen molar-refractivity contribution in [3.63, 3.8) is 0 Å². The predicted octanol–water partition coefficient (Wildman–Crippen LogP) is 0.474. The van der Waals surface area contributed by atoms with Crippen LogP contribution in [-0.2, 0) is 9.59 Å². The maximum atomic E-state index is 11.1. The molecule has 0 aromatic heterocycles. The van der Waals surface area contributed by atoms with E-state index in [2.05, 4.69) is 0 Å². The number of piperidine rings is 1. The third-order valence-corrected chi connectivity index (χ3v) is 2.02. The number of amides is 1. The molecular weight excluding hydrogens is 158 g/mol.